The predicted molar refractivity (Wildman–Crippen MR) is 77.0 cm³/mol. The first kappa shape index (κ1) is 12.7. The molecule has 0 spiro atoms. The quantitative estimate of drug-likeness (QED) is 0.888. The lowest BCUT2D eigenvalue weighted by atomic mass is 10.0. The van der Waals surface area contributed by atoms with E-state index in [0.717, 1.165) is 18.5 Å². The van der Waals surface area contributed by atoms with Gasteiger partial charge in [-0.3, -0.25) is 0 Å². The van der Waals surface area contributed by atoms with Gasteiger partial charge in [-0.1, -0.05) is 23.8 Å². The van der Waals surface area contributed by atoms with Crippen LogP contribution < -0.4 is 5.32 Å². The van der Waals surface area contributed by atoms with Crippen molar-refractivity contribution in [3.8, 4) is 6.07 Å². The van der Waals surface area contributed by atoms with Gasteiger partial charge < -0.3 is 5.32 Å². The molecule has 3 rings (SSSR count). The Morgan fingerprint density at radius 2 is 2.10 bits per heavy atom. The molecule has 1 atom stereocenters. The van der Waals surface area contributed by atoms with E-state index in [1.165, 1.54) is 22.8 Å². The summed E-state index contributed by atoms with van der Waals surface area (Å²) in [5, 5.41) is 12.3. The molecule has 1 N–H and O–H groups in total. The summed E-state index contributed by atoms with van der Waals surface area (Å²) in [6.45, 7) is 2.08. The highest BCUT2D eigenvalue weighted by atomic mass is 19.1. The molecule has 0 saturated carbocycles. The monoisotopic (exact) mass is 266 g/mol. The topological polar surface area (TPSA) is 35.8 Å². The second-order valence-electron chi connectivity index (χ2n) is 5.24. The number of anilines is 1. The van der Waals surface area contributed by atoms with E-state index in [1.54, 1.807) is 12.1 Å². The first-order valence-corrected chi connectivity index (χ1v) is 6.73. The van der Waals surface area contributed by atoms with Crippen molar-refractivity contribution in [1.82, 2.24) is 0 Å². The number of benzene rings is 2. The summed E-state index contributed by atoms with van der Waals surface area (Å²) in [7, 11) is 0. The van der Waals surface area contributed by atoms with Gasteiger partial charge in [-0.05, 0) is 49.1 Å². The molecule has 0 radical (unpaired) electrons. The van der Waals surface area contributed by atoms with E-state index in [-0.39, 0.29) is 11.6 Å². The number of hydrogen-bond donors (Lipinski definition) is 1. The van der Waals surface area contributed by atoms with E-state index in [1.807, 2.05) is 6.07 Å². The molecule has 0 bridgehead atoms. The van der Waals surface area contributed by atoms with E-state index in [2.05, 4.69) is 30.4 Å². The number of aryl methyl sites for hydroxylation is 2. The van der Waals surface area contributed by atoms with Crippen LogP contribution in [0.5, 0.6) is 0 Å². The van der Waals surface area contributed by atoms with Gasteiger partial charge in [0.25, 0.3) is 0 Å². The average molecular weight is 266 g/mol. The first-order valence-electron chi connectivity index (χ1n) is 6.73. The van der Waals surface area contributed by atoms with E-state index >= 15 is 0 Å². The van der Waals surface area contributed by atoms with Gasteiger partial charge in [0.15, 0.2) is 0 Å². The van der Waals surface area contributed by atoms with Gasteiger partial charge in [0, 0.05) is 5.69 Å². The zero-order chi connectivity index (χ0) is 14.1. The van der Waals surface area contributed by atoms with Crippen molar-refractivity contribution in [3.63, 3.8) is 0 Å². The fraction of sp³-hybridized carbons (Fsp3) is 0.235. The minimum absolute atomic E-state index is 0.0810. The van der Waals surface area contributed by atoms with Crippen LogP contribution in [0.15, 0.2) is 36.4 Å². The van der Waals surface area contributed by atoms with E-state index < -0.39 is 5.82 Å². The van der Waals surface area contributed by atoms with Crippen LogP contribution in [0.2, 0.25) is 0 Å². The maximum Gasteiger partial charge on any atom is 0.141 e. The van der Waals surface area contributed by atoms with Gasteiger partial charge in [-0.15, -0.1) is 0 Å². The van der Waals surface area contributed by atoms with Crippen molar-refractivity contribution in [2.75, 3.05) is 5.32 Å². The lowest BCUT2D eigenvalue weighted by molar-refractivity contribution is 0.624. The molecule has 20 heavy (non-hydrogen) atoms. The lowest BCUT2D eigenvalue weighted by Gasteiger charge is -2.16. The minimum atomic E-state index is -0.472. The van der Waals surface area contributed by atoms with E-state index in [9.17, 15) is 4.39 Å². The average Bonchev–Trinajstić information content (AvgIpc) is 2.83. The van der Waals surface area contributed by atoms with Crippen molar-refractivity contribution in [2.24, 2.45) is 0 Å². The Balaban J connectivity index is 1.87. The van der Waals surface area contributed by atoms with Gasteiger partial charge in [0.2, 0.25) is 0 Å². The second kappa shape index (κ2) is 4.97. The standard InChI is InChI=1S/C17H15FN2/c1-11-2-3-12-4-7-17(15(12)8-11)20-14-5-6-16(18)13(9-14)10-19/h2-3,5-6,8-9,17,20H,4,7H2,1H3. The normalized spacial score (nSPS) is 16.6. The summed E-state index contributed by atoms with van der Waals surface area (Å²) in [6.07, 6.45) is 2.08. The summed E-state index contributed by atoms with van der Waals surface area (Å²) >= 11 is 0. The number of nitriles is 1. The van der Waals surface area contributed by atoms with Crippen molar-refractivity contribution < 1.29 is 4.39 Å². The van der Waals surface area contributed by atoms with Crippen LogP contribution in [0.25, 0.3) is 0 Å². The van der Waals surface area contributed by atoms with E-state index in [4.69, 9.17) is 5.26 Å². The lowest BCUT2D eigenvalue weighted by Crippen LogP contribution is -2.07. The second-order valence-corrected chi connectivity index (χ2v) is 5.24. The molecule has 1 unspecified atom stereocenters. The molecule has 2 nitrogen and oxygen atoms in total. The molecule has 0 aliphatic heterocycles. The molecule has 2 aromatic rings. The number of nitrogens with zero attached hydrogens (tertiary/aromatic N) is 1. The molecule has 1 aliphatic rings. The Labute approximate surface area is 117 Å². The zero-order valence-electron chi connectivity index (χ0n) is 11.3. The van der Waals surface area contributed by atoms with Crippen LogP contribution in [0, 0.1) is 24.1 Å². The molecular formula is C17H15FN2. The Kier molecular flexibility index (Phi) is 3.15. The third kappa shape index (κ3) is 2.25. The number of hydrogen-bond acceptors (Lipinski definition) is 2. The third-order valence-corrected chi connectivity index (χ3v) is 3.81. The molecule has 1 aliphatic carbocycles. The molecule has 3 heteroatoms. The maximum absolute atomic E-state index is 13.3. The Bertz CT molecular complexity index is 701. The van der Waals surface area contributed by atoms with Gasteiger partial charge in [0.1, 0.15) is 11.9 Å². The summed E-state index contributed by atoms with van der Waals surface area (Å²) in [5.74, 6) is -0.472. The fourth-order valence-electron chi connectivity index (χ4n) is 2.77. The van der Waals surface area contributed by atoms with Crippen LogP contribution in [-0.4, -0.2) is 0 Å². The zero-order valence-corrected chi connectivity index (χ0v) is 11.3. The van der Waals surface area contributed by atoms with Gasteiger partial charge >= 0.3 is 0 Å². The van der Waals surface area contributed by atoms with Gasteiger partial charge in [-0.25, -0.2) is 4.39 Å². The molecule has 0 saturated heterocycles. The summed E-state index contributed by atoms with van der Waals surface area (Å²) in [4.78, 5) is 0. The smallest absolute Gasteiger partial charge is 0.141 e. The molecule has 100 valence electrons. The summed E-state index contributed by atoms with van der Waals surface area (Å²) < 4.78 is 13.3. The minimum Gasteiger partial charge on any atom is -0.378 e. The third-order valence-electron chi connectivity index (χ3n) is 3.81. The summed E-state index contributed by atoms with van der Waals surface area (Å²) in [5.41, 5.74) is 4.80. The largest absolute Gasteiger partial charge is 0.378 e. The molecule has 0 aromatic heterocycles. The molecule has 0 heterocycles. The van der Waals surface area contributed by atoms with Gasteiger partial charge in [-0.2, -0.15) is 5.26 Å². The molecule has 0 amide bonds. The number of nitrogens with one attached hydrogen (secondary N) is 1. The molecule has 0 fully saturated rings. The highest BCUT2D eigenvalue weighted by Crippen LogP contribution is 2.34. The van der Waals surface area contributed by atoms with Crippen LogP contribution in [0.1, 0.15) is 34.7 Å². The Morgan fingerprint density at radius 1 is 1.25 bits per heavy atom. The van der Waals surface area contributed by atoms with E-state index in [0.29, 0.717) is 0 Å². The van der Waals surface area contributed by atoms with Crippen molar-refractivity contribution >= 4 is 5.69 Å². The summed E-state index contributed by atoms with van der Waals surface area (Å²) in [6, 6.07) is 13.2. The SMILES string of the molecule is Cc1ccc2c(c1)C(Nc1ccc(F)c(C#N)c1)CC2. The van der Waals surface area contributed by atoms with Crippen LogP contribution in [0.4, 0.5) is 10.1 Å². The molecular weight excluding hydrogens is 251 g/mol. The Hall–Kier alpha value is -2.34. The maximum atomic E-state index is 13.3. The number of rotatable bonds is 2. The first-order chi connectivity index (χ1) is 9.67. The highest BCUT2D eigenvalue weighted by molar-refractivity contribution is 5.53. The van der Waals surface area contributed by atoms with Crippen LogP contribution in [0.3, 0.4) is 0 Å². The number of halogens is 1. The van der Waals surface area contributed by atoms with Crippen LogP contribution in [-0.2, 0) is 6.42 Å². The Morgan fingerprint density at radius 3 is 2.90 bits per heavy atom. The highest BCUT2D eigenvalue weighted by Gasteiger charge is 2.22. The molecule has 2 aromatic carbocycles. The van der Waals surface area contributed by atoms with Crippen molar-refractivity contribution in [2.45, 2.75) is 25.8 Å². The predicted octanol–water partition coefficient (Wildman–Crippen LogP) is 4.11. The fourth-order valence-corrected chi connectivity index (χ4v) is 2.77. The van der Waals surface area contributed by atoms with Crippen molar-refractivity contribution in [1.29, 1.82) is 5.26 Å². The van der Waals surface area contributed by atoms with Crippen LogP contribution >= 0.6 is 0 Å². The number of fused-ring (bicyclic) bond motifs is 1. The van der Waals surface area contributed by atoms with Crippen molar-refractivity contribution in [3.05, 3.63) is 64.5 Å². The van der Waals surface area contributed by atoms with Gasteiger partial charge in [0.05, 0.1) is 11.6 Å².